The predicted molar refractivity (Wildman–Crippen MR) is 72.2 cm³/mol. The normalized spacial score (nSPS) is 9.22. The van der Waals surface area contributed by atoms with Crippen LogP contribution < -0.4 is 4.90 Å². The quantitative estimate of drug-likeness (QED) is 0.678. The van der Waals surface area contributed by atoms with Crippen molar-refractivity contribution in [2.45, 2.75) is 0 Å². The summed E-state index contributed by atoms with van der Waals surface area (Å²) in [7, 11) is 3.93. The van der Waals surface area contributed by atoms with Gasteiger partial charge in [0.15, 0.2) is 0 Å². The van der Waals surface area contributed by atoms with Gasteiger partial charge in [0.1, 0.15) is 17.2 Å². The van der Waals surface area contributed by atoms with Crippen LogP contribution in [0.5, 0.6) is 17.2 Å². The lowest BCUT2D eigenvalue weighted by Gasteiger charge is -2.11. The van der Waals surface area contributed by atoms with E-state index in [4.69, 9.17) is 15.3 Å². The molecular weight excluding hydrogens is 230 g/mol. The zero-order valence-corrected chi connectivity index (χ0v) is 10.4. The van der Waals surface area contributed by atoms with Crippen molar-refractivity contribution in [3.05, 3.63) is 48.5 Å². The van der Waals surface area contributed by atoms with Crippen molar-refractivity contribution in [3.63, 3.8) is 0 Å². The summed E-state index contributed by atoms with van der Waals surface area (Å²) in [4.78, 5) is 1.99. The van der Waals surface area contributed by atoms with Gasteiger partial charge in [0, 0.05) is 19.8 Å². The Morgan fingerprint density at radius 2 is 0.889 bits per heavy atom. The molecule has 0 unspecified atom stereocenters. The number of aromatic hydroxyl groups is 3. The van der Waals surface area contributed by atoms with E-state index in [-0.39, 0.29) is 11.5 Å². The summed E-state index contributed by atoms with van der Waals surface area (Å²) in [6.07, 6.45) is 0. The number of hydrogen-bond donors (Lipinski definition) is 3. The lowest BCUT2D eigenvalue weighted by atomic mass is 10.3. The van der Waals surface area contributed by atoms with Crippen LogP contribution in [0.25, 0.3) is 0 Å². The molecule has 96 valence electrons. The molecule has 18 heavy (non-hydrogen) atoms. The molecule has 2 rings (SSSR count). The van der Waals surface area contributed by atoms with Gasteiger partial charge in [0.25, 0.3) is 0 Å². The zero-order chi connectivity index (χ0) is 13.5. The van der Waals surface area contributed by atoms with Gasteiger partial charge < -0.3 is 20.2 Å². The largest absolute Gasteiger partial charge is 0.508 e. The first-order chi connectivity index (χ1) is 8.49. The fourth-order valence-corrected chi connectivity index (χ4v) is 1.20. The second kappa shape index (κ2) is 6.39. The van der Waals surface area contributed by atoms with Crippen molar-refractivity contribution in [1.29, 1.82) is 0 Å². The van der Waals surface area contributed by atoms with E-state index >= 15 is 0 Å². The van der Waals surface area contributed by atoms with Gasteiger partial charge in [-0.05, 0) is 48.5 Å². The van der Waals surface area contributed by atoms with Crippen molar-refractivity contribution >= 4 is 5.69 Å². The fraction of sp³-hybridized carbons (Fsp3) is 0.143. The second-order valence-corrected chi connectivity index (χ2v) is 3.93. The van der Waals surface area contributed by atoms with E-state index in [0.717, 1.165) is 5.69 Å². The summed E-state index contributed by atoms with van der Waals surface area (Å²) < 4.78 is 0. The summed E-state index contributed by atoms with van der Waals surface area (Å²) >= 11 is 0. The van der Waals surface area contributed by atoms with Gasteiger partial charge in [0.05, 0.1) is 0 Å². The molecule has 0 heterocycles. The van der Waals surface area contributed by atoms with E-state index in [1.54, 1.807) is 12.1 Å². The number of benzene rings is 2. The number of anilines is 1. The molecule has 0 spiro atoms. The van der Waals surface area contributed by atoms with E-state index in [1.165, 1.54) is 24.3 Å². The van der Waals surface area contributed by atoms with E-state index in [9.17, 15) is 0 Å². The molecular formula is C14H17NO3. The first-order valence-corrected chi connectivity index (χ1v) is 5.43. The first kappa shape index (κ1) is 13.7. The molecule has 0 radical (unpaired) electrons. The van der Waals surface area contributed by atoms with Crippen LogP contribution in [0.4, 0.5) is 5.69 Å². The number of phenolic OH excluding ortho intramolecular Hbond substituents is 3. The second-order valence-electron chi connectivity index (χ2n) is 3.93. The number of nitrogens with zero attached hydrogens (tertiary/aromatic N) is 1. The Bertz CT molecular complexity index is 442. The average Bonchev–Trinajstić information content (AvgIpc) is 2.34. The molecule has 0 bridgehead atoms. The van der Waals surface area contributed by atoms with Gasteiger partial charge in [-0.25, -0.2) is 0 Å². The van der Waals surface area contributed by atoms with Crippen LogP contribution in [0, 0.1) is 0 Å². The maximum atomic E-state index is 8.92. The molecule has 3 N–H and O–H groups in total. The molecule has 0 amide bonds. The Balaban J connectivity index is 0.000000184. The fourth-order valence-electron chi connectivity index (χ4n) is 1.20. The number of phenols is 3. The average molecular weight is 247 g/mol. The Morgan fingerprint density at radius 3 is 1.17 bits per heavy atom. The highest BCUT2D eigenvalue weighted by molar-refractivity contribution is 5.47. The highest BCUT2D eigenvalue weighted by atomic mass is 16.3. The Labute approximate surface area is 106 Å². The topological polar surface area (TPSA) is 63.9 Å². The van der Waals surface area contributed by atoms with E-state index in [0.29, 0.717) is 5.75 Å². The van der Waals surface area contributed by atoms with Gasteiger partial charge in [-0.2, -0.15) is 0 Å². The van der Waals surface area contributed by atoms with Crippen LogP contribution in [0.3, 0.4) is 0 Å². The van der Waals surface area contributed by atoms with Crippen molar-refractivity contribution in [2.75, 3.05) is 19.0 Å². The van der Waals surface area contributed by atoms with Crippen molar-refractivity contribution in [2.24, 2.45) is 0 Å². The smallest absolute Gasteiger partial charge is 0.115 e. The van der Waals surface area contributed by atoms with Crippen LogP contribution >= 0.6 is 0 Å². The zero-order valence-electron chi connectivity index (χ0n) is 10.4. The minimum atomic E-state index is 0.169. The SMILES string of the molecule is CN(C)c1ccc(O)cc1.Oc1ccc(O)cc1. The molecule has 0 aromatic heterocycles. The summed E-state index contributed by atoms with van der Waals surface area (Å²) in [5.74, 6) is 0.649. The Kier molecular flexibility index (Phi) is 4.87. The minimum absolute atomic E-state index is 0.169. The van der Waals surface area contributed by atoms with Gasteiger partial charge in [-0.3, -0.25) is 0 Å². The maximum absolute atomic E-state index is 8.92. The molecule has 0 atom stereocenters. The van der Waals surface area contributed by atoms with Crippen molar-refractivity contribution < 1.29 is 15.3 Å². The molecule has 2 aromatic rings. The van der Waals surface area contributed by atoms with E-state index < -0.39 is 0 Å². The highest BCUT2D eigenvalue weighted by Gasteiger charge is 1.92. The molecule has 0 fully saturated rings. The number of hydrogen-bond acceptors (Lipinski definition) is 4. The Hall–Kier alpha value is -2.36. The van der Waals surface area contributed by atoms with Crippen molar-refractivity contribution in [3.8, 4) is 17.2 Å². The molecule has 0 aliphatic carbocycles. The molecule has 0 aliphatic rings. The molecule has 0 aliphatic heterocycles. The van der Waals surface area contributed by atoms with Crippen LogP contribution in [-0.4, -0.2) is 29.4 Å². The standard InChI is InChI=1S/C8H11NO.C6H6O2/c1-9(2)7-3-5-8(10)6-4-7;7-5-1-2-6(8)4-3-5/h3-6,10H,1-2H3;1-4,7-8H. The van der Waals surface area contributed by atoms with Gasteiger partial charge in [0.2, 0.25) is 0 Å². The molecule has 4 heteroatoms. The Morgan fingerprint density at radius 1 is 0.611 bits per heavy atom. The van der Waals surface area contributed by atoms with E-state index in [1.807, 2.05) is 31.1 Å². The minimum Gasteiger partial charge on any atom is -0.508 e. The summed E-state index contributed by atoms with van der Waals surface area (Å²) in [5.41, 5.74) is 1.10. The molecule has 0 saturated carbocycles. The van der Waals surface area contributed by atoms with Crippen molar-refractivity contribution in [1.82, 2.24) is 0 Å². The van der Waals surface area contributed by atoms with E-state index in [2.05, 4.69) is 0 Å². The van der Waals surface area contributed by atoms with Crippen LogP contribution in [-0.2, 0) is 0 Å². The van der Waals surface area contributed by atoms with Crippen LogP contribution in [0.1, 0.15) is 0 Å². The number of rotatable bonds is 1. The molecule has 2 aromatic carbocycles. The van der Waals surface area contributed by atoms with Gasteiger partial charge in [-0.1, -0.05) is 0 Å². The maximum Gasteiger partial charge on any atom is 0.115 e. The third-order valence-electron chi connectivity index (χ3n) is 2.22. The summed E-state index contributed by atoms with van der Waals surface area (Å²) in [6.45, 7) is 0. The molecule has 4 nitrogen and oxygen atoms in total. The highest BCUT2D eigenvalue weighted by Crippen LogP contribution is 2.15. The first-order valence-electron chi connectivity index (χ1n) is 5.43. The predicted octanol–water partition coefficient (Wildman–Crippen LogP) is 2.56. The lowest BCUT2D eigenvalue weighted by Crippen LogP contribution is -2.07. The monoisotopic (exact) mass is 247 g/mol. The summed E-state index contributed by atoms with van der Waals surface area (Å²) in [5, 5.41) is 26.2. The molecule has 0 saturated heterocycles. The van der Waals surface area contributed by atoms with Crippen LogP contribution in [0.15, 0.2) is 48.5 Å². The third kappa shape index (κ3) is 4.65. The summed E-state index contributed by atoms with van der Waals surface area (Å²) in [6, 6.07) is 12.8. The van der Waals surface area contributed by atoms with Gasteiger partial charge >= 0.3 is 0 Å². The third-order valence-corrected chi connectivity index (χ3v) is 2.22. The van der Waals surface area contributed by atoms with Crippen LogP contribution in [0.2, 0.25) is 0 Å². The van der Waals surface area contributed by atoms with Gasteiger partial charge in [-0.15, -0.1) is 0 Å². The lowest BCUT2D eigenvalue weighted by molar-refractivity contribution is 0.460.